The number of hydrogen-bond donors (Lipinski definition) is 0. The maximum Gasteiger partial charge on any atom is 0.370 e. The Balaban J connectivity index is 2.64. The van der Waals surface area contributed by atoms with Crippen molar-refractivity contribution in [2.75, 3.05) is 19.2 Å². The first-order valence-corrected chi connectivity index (χ1v) is 6.58. The number of hydrogen-bond acceptors (Lipinski definition) is 7. The highest BCUT2D eigenvalue weighted by molar-refractivity contribution is 8.08. The molecule has 0 fully saturated rings. The quantitative estimate of drug-likeness (QED) is 0.686. The van der Waals surface area contributed by atoms with E-state index in [1.807, 2.05) is 0 Å². The molecular weight excluding hydrogens is 252 g/mol. The first kappa shape index (κ1) is 11.1. The third kappa shape index (κ3) is 1.41. The summed E-state index contributed by atoms with van der Waals surface area (Å²) in [6.07, 6.45) is 0. The molecule has 2 rings (SSSR count). The zero-order valence-electron chi connectivity index (χ0n) is 8.50. The molecule has 0 saturated heterocycles. The molecule has 16 heavy (non-hydrogen) atoms. The SMILES string of the molecule is COC(=O)C1=NN(C)c2sccc2S1(=O)=O. The molecule has 1 aliphatic rings. The molecule has 1 aliphatic heterocycles. The number of anilines is 1. The third-order valence-corrected chi connectivity index (χ3v) is 4.82. The Hall–Kier alpha value is -1.41. The molecule has 1 aromatic heterocycles. The number of rotatable bonds is 1. The molecule has 0 amide bonds. The summed E-state index contributed by atoms with van der Waals surface area (Å²) in [5.41, 5.74) is 0. The molecule has 0 aliphatic carbocycles. The molecule has 0 bridgehead atoms. The van der Waals surface area contributed by atoms with Gasteiger partial charge in [-0.15, -0.1) is 11.3 Å². The molecule has 0 N–H and O–H groups in total. The molecule has 0 saturated carbocycles. The van der Waals surface area contributed by atoms with Gasteiger partial charge in [0.1, 0.15) is 9.90 Å². The van der Waals surface area contributed by atoms with Gasteiger partial charge in [-0.2, -0.15) is 5.10 Å². The summed E-state index contributed by atoms with van der Waals surface area (Å²) in [6, 6.07) is 1.45. The van der Waals surface area contributed by atoms with Crippen LogP contribution in [0.4, 0.5) is 5.00 Å². The largest absolute Gasteiger partial charge is 0.464 e. The van der Waals surface area contributed by atoms with Crippen LogP contribution in [0.5, 0.6) is 0 Å². The van der Waals surface area contributed by atoms with Gasteiger partial charge in [0.2, 0.25) is 9.84 Å². The molecule has 0 aromatic carbocycles. The number of carbonyl (C=O) groups is 1. The minimum absolute atomic E-state index is 0.0930. The lowest BCUT2D eigenvalue weighted by atomic mass is 10.6. The predicted octanol–water partition coefficient (Wildman–Crippen LogP) is 0.458. The molecule has 0 unspecified atom stereocenters. The van der Waals surface area contributed by atoms with Crippen LogP contribution in [-0.4, -0.2) is 33.6 Å². The van der Waals surface area contributed by atoms with Gasteiger partial charge in [-0.05, 0) is 11.4 Å². The van der Waals surface area contributed by atoms with E-state index in [2.05, 4.69) is 9.84 Å². The number of sulfone groups is 1. The number of carbonyl (C=O) groups excluding carboxylic acids is 1. The van der Waals surface area contributed by atoms with Crippen molar-refractivity contribution < 1.29 is 17.9 Å². The molecule has 6 nitrogen and oxygen atoms in total. The smallest absolute Gasteiger partial charge is 0.370 e. The Morgan fingerprint density at radius 2 is 2.25 bits per heavy atom. The van der Waals surface area contributed by atoms with Gasteiger partial charge >= 0.3 is 5.97 Å². The van der Waals surface area contributed by atoms with Crippen LogP contribution in [0.2, 0.25) is 0 Å². The fourth-order valence-electron chi connectivity index (χ4n) is 1.31. The predicted molar refractivity (Wildman–Crippen MR) is 59.4 cm³/mol. The van der Waals surface area contributed by atoms with Crippen molar-refractivity contribution in [3.05, 3.63) is 11.4 Å². The Labute approximate surface area is 96.1 Å². The van der Waals surface area contributed by atoms with E-state index in [4.69, 9.17) is 0 Å². The highest BCUT2D eigenvalue weighted by Gasteiger charge is 2.37. The maximum atomic E-state index is 12.0. The summed E-state index contributed by atoms with van der Waals surface area (Å²) in [6.45, 7) is 0. The number of thiophene rings is 1. The third-order valence-electron chi connectivity index (χ3n) is 2.05. The number of nitrogens with zero attached hydrogens (tertiary/aromatic N) is 2. The van der Waals surface area contributed by atoms with Gasteiger partial charge in [-0.3, -0.25) is 5.01 Å². The van der Waals surface area contributed by atoms with Crippen molar-refractivity contribution in [2.24, 2.45) is 5.10 Å². The summed E-state index contributed by atoms with van der Waals surface area (Å²) in [5, 5.41) is 6.62. The second-order valence-corrected chi connectivity index (χ2v) is 5.74. The Kier molecular flexibility index (Phi) is 2.47. The molecule has 2 heterocycles. The van der Waals surface area contributed by atoms with E-state index >= 15 is 0 Å². The van der Waals surface area contributed by atoms with E-state index in [-0.39, 0.29) is 4.90 Å². The molecular formula is C8H8N2O4S2. The van der Waals surface area contributed by atoms with Crippen molar-refractivity contribution in [2.45, 2.75) is 4.90 Å². The number of fused-ring (bicyclic) bond motifs is 1. The normalized spacial score (nSPS) is 17.6. The van der Waals surface area contributed by atoms with E-state index < -0.39 is 20.9 Å². The number of hydrazone groups is 1. The Bertz CT molecular complexity index is 573. The summed E-state index contributed by atoms with van der Waals surface area (Å²) < 4.78 is 28.3. The second kappa shape index (κ2) is 3.56. The van der Waals surface area contributed by atoms with E-state index in [0.29, 0.717) is 5.00 Å². The van der Waals surface area contributed by atoms with Gasteiger partial charge in [0.05, 0.1) is 7.11 Å². The average Bonchev–Trinajstić information content (AvgIpc) is 2.72. The molecule has 8 heteroatoms. The van der Waals surface area contributed by atoms with E-state index in [9.17, 15) is 13.2 Å². The zero-order valence-corrected chi connectivity index (χ0v) is 10.1. The van der Waals surface area contributed by atoms with Crippen LogP contribution in [0.25, 0.3) is 0 Å². The molecule has 86 valence electrons. The molecule has 0 spiro atoms. The fraction of sp³-hybridized carbons (Fsp3) is 0.250. The molecule has 1 aromatic rings. The highest BCUT2D eigenvalue weighted by Crippen LogP contribution is 2.35. The van der Waals surface area contributed by atoms with Crippen molar-refractivity contribution in [3.8, 4) is 0 Å². The first-order chi connectivity index (χ1) is 7.48. The summed E-state index contributed by atoms with van der Waals surface area (Å²) in [5.74, 6) is -0.955. The van der Waals surface area contributed by atoms with Crippen molar-refractivity contribution in [1.29, 1.82) is 0 Å². The first-order valence-electron chi connectivity index (χ1n) is 4.21. The zero-order chi connectivity index (χ0) is 11.9. The van der Waals surface area contributed by atoms with Crippen molar-refractivity contribution in [1.82, 2.24) is 0 Å². The Morgan fingerprint density at radius 3 is 2.88 bits per heavy atom. The monoisotopic (exact) mass is 260 g/mol. The molecule has 0 atom stereocenters. The van der Waals surface area contributed by atoms with Crippen LogP contribution >= 0.6 is 11.3 Å². The van der Waals surface area contributed by atoms with Crippen LogP contribution in [0.3, 0.4) is 0 Å². The van der Waals surface area contributed by atoms with Crippen molar-refractivity contribution >= 4 is 37.2 Å². The van der Waals surface area contributed by atoms with E-state index in [1.165, 1.54) is 22.4 Å². The van der Waals surface area contributed by atoms with E-state index in [0.717, 1.165) is 7.11 Å². The van der Waals surface area contributed by atoms with Crippen LogP contribution in [0.1, 0.15) is 0 Å². The number of ether oxygens (including phenoxy) is 1. The van der Waals surface area contributed by atoms with E-state index in [1.54, 1.807) is 12.4 Å². The topological polar surface area (TPSA) is 76.0 Å². The van der Waals surface area contributed by atoms with Gasteiger partial charge < -0.3 is 4.74 Å². The van der Waals surface area contributed by atoms with Crippen LogP contribution in [-0.2, 0) is 19.4 Å². The lowest BCUT2D eigenvalue weighted by Gasteiger charge is -2.19. The van der Waals surface area contributed by atoms with Gasteiger partial charge in [-0.1, -0.05) is 0 Å². The minimum atomic E-state index is -3.84. The van der Waals surface area contributed by atoms with Gasteiger partial charge in [0, 0.05) is 7.05 Å². The summed E-state index contributed by atoms with van der Waals surface area (Å²) >= 11 is 1.24. The van der Waals surface area contributed by atoms with Gasteiger partial charge in [-0.25, -0.2) is 13.2 Å². The van der Waals surface area contributed by atoms with Gasteiger partial charge in [0.15, 0.2) is 0 Å². The summed E-state index contributed by atoms with van der Waals surface area (Å²) in [7, 11) is -1.15. The standard InChI is InChI=1S/C8H8N2O4S2/c1-10-7-5(3-4-15-7)16(12,13)6(9-10)8(11)14-2/h3-4H,1-2H3. The molecule has 0 radical (unpaired) electrons. The van der Waals surface area contributed by atoms with Gasteiger partial charge in [0.25, 0.3) is 5.04 Å². The van der Waals surface area contributed by atoms with Crippen LogP contribution < -0.4 is 5.01 Å². The highest BCUT2D eigenvalue weighted by atomic mass is 32.2. The van der Waals surface area contributed by atoms with Crippen LogP contribution in [0.15, 0.2) is 21.4 Å². The minimum Gasteiger partial charge on any atom is -0.464 e. The lowest BCUT2D eigenvalue weighted by molar-refractivity contribution is -0.132. The number of esters is 1. The summed E-state index contributed by atoms with van der Waals surface area (Å²) in [4.78, 5) is 11.4. The van der Waals surface area contributed by atoms with Crippen molar-refractivity contribution in [3.63, 3.8) is 0 Å². The Morgan fingerprint density at radius 1 is 1.56 bits per heavy atom. The van der Waals surface area contributed by atoms with Crippen LogP contribution in [0, 0.1) is 0 Å². The average molecular weight is 260 g/mol. The maximum absolute atomic E-state index is 12.0. The fourth-order valence-corrected chi connectivity index (χ4v) is 3.93. The number of methoxy groups -OCH3 is 1. The lowest BCUT2D eigenvalue weighted by Crippen LogP contribution is -2.33. The second-order valence-electron chi connectivity index (χ2n) is 3.01.